The number of rotatable bonds is 9. The van der Waals surface area contributed by atoms with Crippen LogP contribution in [-0.2, 0) is 11.2 Å². The minimum Gasteiger partial charge on any atom is -0.354 e. The summed E-state index contributed by atoms with van der Waals surface area (Å²) in [5, 5.41) is 3.04. The van der Waals surface area contributed by atoms with Crippen molar-refractivity contribution in [1.29, 1.82) is 0 Å². The van der Waals surface area contributed by atoms with E-state index in [-0.39, 0.29) is 23.9 Å². The van der Waals surface area contributed by atoms with E-state index in [1.807, 2.05) is 25.1 Å². The molecule has 2 amide bonds. The average molecular weight is 366 g/mol. The van der Waals surface area contributed by atoms with Gasteiger partial charge in [-0.05, 0) is 38.2 Å². The smallest absolute Gasteiger partial charge is 0.274 e. The van der Waals surface area contributed by atoms with Gasteiger partial charge in [-0.1, -0.05) is 30.3 Å². The molecule has 1 aliphatic rings. The third-order valence-corrected chi connectivity index (χ3v) is 4.73. The zero-order valence-electron chi connectivity index (χ0n) is 15.7. The molecule has 1 heterocycles. The molecular weight excluding hydrogens is 340 g/mol. The Kier molecular flexibility index (Phi) is 6.52. The van der Waals surface area contributed by atoms with Gasteiger partial charge in [-0.3, -0.25) is 14.6 Å². The Bertz CT molecular complexity index is 747. The lowest BCUT2D eigenvalue weighted by Gasteiger charge is -2.22. The van der Waals surface area contributed by atoms with Crippen LogP contribution in [0.2, 0.25) is 0 Å². The minimum atomic E-state index is -0.143. The highest BCUT2D eigenvalue weighted by atomic mass is 16.2. The highest BCUT2D eigenvalue weighted by Crippen LogP contribution is 2.28. The van der Waals surface area contributed by atoms with Gasteiger partial charge in [-0.2, -0.15) is 0 Å². The first-order valence-corrected chi connectivity index (χ1v) is 9.54. The number of hydrogen-bond donors (Lipinski definition) is 1. The summed E-state index contributed by atoms with van der Waals surface area (Å²) in [6, 6.07) is 10.6. The summed E-state index contributed by atoms with van der Waals surface area (Å²) < 4.78 is 0. The molecular formula is C21H26N4O2. The van der Waals surface area contributed by atoms with Crippen molar-refractivity contribution in [2.24, 2.45) is 0 Å². The van der Waals surface area contributed by atoms with E-state index in [0.29, 0.717) is 18.7 Å². The molecule has 0 saturated heterocycles. The third kappa shape index (κ3) is 5.88. The molecule has 0 bridgehead atoms. The largest absolute Gasteiger partial charge is 0.354 e. The molecule has 1 aromatic heterocycles. The van der Waals surface area contributed by atoms with Gasteiger partial charge < -0.3 is 10.2 Å². The van der Waals surface area contributed by atoms with E-state index in [9.17, 15) is 9.59 Å². The lowest BCUT2D eigenvalue weighted by molar-refractivity contribution is -0.121. The summed E-state index contributed by atoms with van der Waals surface area (Å²) in [5.41, 5.74) is 1.61. The monoisotopic (exact) mass is 366 g/mol. The van der Waals surface area contributed by atoms with E-state index in [2.05, 4.69) is 27.4 Å². The van der Waals surface area contributed by atoms with E-state index in [4.69, 9.17) is 0 Å². The number of amides is 2. The Morgan fingerprint density at radius 2 is 2.00 bits per heavy atom. The van der Waals surface area contributed by atoms with Crippen molar-refractivity contribution in [2.75, 3.05) is 6.54 Å². The van der Waals surface area contributed by atoms with Crippen molar-refractivity contribution in [3.63, 3.8) is 0 Å². The van der Waals surface area contributed by atoms with E-state index >= 15 is 0 Å². The Balaban J connectivity index is 1.44. The molecule has 1 N–H and O–H groups in total. The van der Waals surface area contributed by atoms with Gasteiger partial charge in [-0.25, -0.2) is 4.98 Å². The zero-order chi connectivity index (χ0) is 19.1. The summed E-state index contributed by atoms with van der Waals surface area (Å²) in [5.74, 6) is -0.163. The Labute approximate surface area is 160 Å². The van der Waals surface area contributed by atoms with Gasteiger partial charge in [0, 0.05) is 37.4 Å². The third-order valence-electron chi connectivity index (χ3n) is 4.73. The van der Waals surface area contributed by atoms with Crippen molar-refractivity contribution in [1.82, 2.24) is 20.2 Å². The number of nitrogens with one attached hydrogen (secondary N) is 1. The summed E-state index contributed by atoms with van der Waals surface area (Å²) >= 11 is 0. The van der Waals surface area contributed by atoms with E-state index in [0.717, 1.165) is 25.7 Å². The lowest BCUT2D eigenvalue weighted by Crippen LogP contribution is -2.39. The molecule has 1 aliphatic carbocycles. The number of carbonyl (C=O) groups is 2. The number of hydrogen-bond acceptors (Lipinski definition) is 4. The maximum atomic E-state index is 12.6. The van der Waals surface area contributed by atoms with Gasteiger partial charge >= 0.3 is 0 Å². The molecule has 0 radical (unpaired) electrons. The summed E-state index contributed by atoms with van der Waals surface area (Å²) in [7, 11) is 0. The lowest BCUT2D eigenvalue weighted by atomic mass is 10.1. The van der Waals surface area contributed by atoms with Crippen LogP contribution in [0.5, 0.6) is 0 Å². The van der Waals surface area contributed by atoms with Crippen LogP contribution in [0, 0.1) is 0 Å². The van der Waals surface area contributed by atoms with Crippen molar-refractivity contribution in [3.05, 3.63) is 60.2 Å². The molecule has 0 spiro atoms. The molecule has 1 atom stereocenters. The zero-order valence-corrected chi connectivity index (χ0v) is 15.7. The predicted octanol–water partition coefficient (Wildman–Crippen LogP) is 2.61. The Hall–Kier alpha value is -2.76. The van der Waals surface area contributed by atoms with Gasteiger partial charge in [0.25, 0.3) is 5.91 Å². The number of benzene rings is 1. The molecule has 1 aromatic carbocycles. The second kappa shape index (κ2) is 9.26. The van der Waals surface area contributed by atoms with Gasteiger partial charge in [0.05, 0.1) is 6.20 Å². The van der Waals surface area contributed by atoms with Crippen LogP contribution in [-0.4, -0.2) is 45.3 Å². The predicted molar refractivity (Wildman–Crippen MR) is 103 cm³/mol. The second-order valence-corrected chi connectivity index (χ2v) is 7.06. The van der Waals surface area contributed by atoms with Gasteiger partial charge in [0.1, 0.15) is 5.69 Å². The molecule has 2 aromatic rings. The van der Waals surface area contributed by atoms with E-state index < -0.39 is 0 Å². The molecule has 1 fully saturated rings. The minimum absolute atomic E-state index is 0.0202. The molecule has 1 saturated carbocycles. The maximum Gasteiger partial charge on any atom is 0.274 e. The number of aryl methyl sites for hydroxylation is 1. The second-order valence-electron chi connectivity index (χ2n) is 7.06. The van der Waals surface area contributed by atoms with Crippen LogP contribution in [0.15, 0.2) is 48.9 Å². The van der Waals surface area contributed by atoms with Crippen LogP contribution in [0.25, 0.3) is 0 Å². The van der Waals surface area contributed by atoms with Crippen LogP contribution < -0.4 is 5.32 Å². The molecule has 6 nitrogen and oxygen atoms in total. The fourth-order valence-corrected chi connectivity index (χ4v) is 3.06. The van der Waals surface area contributed by atoms with Gasteiger partial charge in [-0.15, -0.1) is 0 Å². The maximum absolute atomic E-state index is 12.6. The summed E-state index contributed by atoms with van der Waals surface area (Å²) in [6.07, 6.45) is 8.63. The Morgan fingerprint density at radius 1 is 1.22 bits per heavy atom. The fraction of sp³-hybridized carbons (Fsp3) is 0.429. The highest BCUT2D eigenvalue weighted by molar-refractivity contribution is 5.92. The molecule has 6 heteroatoms. The van der Waals surface area contributed by atoms with Crippen LogP contribution in [0.4, 0.5) is 0 Å². The van der Waals surface area contributed by atoms with Crippen LogP contribution in [0.1, 0.15) is 48.7 Å². The normalized spacial score (nSPS) is 14.4. The highest BCUT2D eigenvalue weighted by Gasteiger charge is 2.33. The van der Waals surface area contributed by atoms with Crippen LogP contribution in [0.3, 0.4) is 0 Å². The topological polar surface area (TPSA) is 75.2 Å². The van der Waals surface area contributed by atoms with E-state index in [1.54, 1.807) is 11.1 Å². The van der Waals surface area contributed by atoms with Crippen molar-refractivity contribution in [2.45, 2.75) is 51.1 Å². The van der Waals surface area contributed by atoms with Crippen molar-refractivity contribution in [3.8, 4) is 0 Å². The first-order valence-electron chi connectivity index (χ1n) is 9.54. The van der Waals surface area contributed by atoms with Gasteiger partial charge in [0.15, 0.2) is 0 Å². The number of aromatic nitrogens is 2. The summed E-state index contributed by atoms with van der Waals surface area (Å²) in [4.78, 5) is 34.7. The van der Waals surface area contributed by atoms with Crippen molar-refractivity contribution >= 4 is 11.8 Å². The standard InChI is InChI=1S/C21H26N4O2/c1-16(7-8-17-5-3-2-4-6-17)24-20(26)11-14-25(18-9-10-18)21(27)19-15-22-12-13-23-19/h2-6,12-13,15-16,18H,7-11,14H2,1H3,(H,24,26)/t16-/m0/s1. The fourth-order valence-electron chi connectivity index (χ4n) is 3.06. The molecule has 0 aliphatic heterocycles. The SMILES string of the molecule is C[C@@H](CCc1ccccc1)NC(=O)CCN(C(=O)c1cnccn1)C1CC1. The summed E-state index contributed by atoms with van der Waals surface area (Å²) in [6.45, 7) is 2.43. The molecule has 142 valence electrons. The quantitative estimate of drug-likeness (QED) is 0.740. The van der Waals surface area contributed by atoms with Crippen LogP contribution >= 0.6 is 0 Å². The molecule has 27 heavy (non-hydrogen) atoms. The van der Waals surface area contributed by atoms with Gasteiger partial charge in [0.2, 0.25) is 5.91 Å². The van der Waals surface area contributed by atoms with E-state index in [1.165, 1.54) is 18.0 Å². The molecule has 3 rings (SSSR count). The number of nitrogens with zero attached hydrogens (tertiary/aromatic N) is 3. The number of carbonyl (C=O) groups excluding carboxylic acids is 2. The first kappa shape index (κ1) is 19.0. The first-order chi connectivity index (χ1) is 13.1. The van der Waals surface area contributed by atoms with Crippen molar-refractivity contribution < 1.29 is 9.59 Å². The molecule has 0 unspecified atom stereocenters. The Morgan fingerprint density at radius 3 is 2.67 bits per heavy atom. The average Bonchev–Trinajstić information content (AvgIpc) is 3.53.